The van der Waals surface area contributed by atoms with Crippen molar-refractivity contribution in [3.05, 3.63) is 47.9 Å². The van der Waals surface area contributed by atoms with Crippen LogP contribution in [-0.4, -0.2) is 21.0 Å². The predicted molar refractivity (Wildman–Crippen MR) is 60.2 cm³/mol. The SMILES string of the molecule is Cc1cccc(C(=O)O)c1Oc1cnccn1. The maximum atomic E-state index is 11.0. The highest BCUT2D eigenvalue weighted by molar-refractivity contribution is 5.91. The lowest BCUT2D eigenvalue weighted by molar-refractivity contribution is 0.0694. The van der Waals surface area contributed by atoms with Gasteiger partial charge in [-0.05, 0) is 18.6 Å². The van der Waals surface area contributed by atoms with Crippen molar-refractivity contribution >= 4 is 5.97 Å². The van der Waals surface area contributed by atoms with E-state index in [-0.39, 0.29) is 11.4 Å². The van der Waals surface area contributed by atoms with Crippen molar-refractivity contribution in [2.24, 2.45) is 0 Å². The van der Waals surface area contributed by atoms with Gasteiger partial charge in [0, 0.05) is 12.4 Å². The molecule has 1 heterocycles. The molecule has 0 unspecified atom stereocenters. The number of carbonyl (C=O) groups is 1. The van der Waals surface area contributed by atoms with Gasteiger partial charge < -0.3 is 9.84 Å². The average Bonchev–Trinajstić information content (AvgIpc) is 2.33. The summed E-state index contributed by atoms with van der Waals surface area (Å²) < 4.78 is 5.45. The molecule has 0 atom stereocenters. The number of rotatable bonds is 3. The van der Waals surface area contributed by atoms with E-state index in [9.17, 15) is 4.79 Å². The van der Waals surface area contributed by atoms with Crippen molar-refractivity contribution in [3.63, 3.8) is 0 Å². The van der Waals surface area contributed by atoms with Crippen LogP contribution in [0.25, 0.3) is 0 Å². The summed E-state index contributed by atoms with van der Waals surface area (Å²) in [6.07, 6.45) is 4.43. The van der Waals surface area contributed by atoms with E-state index in [0.29, 0.717) is 5.75 Å². The molecule has 0 aliphatic heterocycles. The van der Waals surface area contributed by atoms with Gasteiger partial charge in [-0.3, -0.25) is 4.98 Å². The Morgan fingerprint density at radius 2 is 2.18 bits per heavy atom. The Morgan fingerprint density at radius 1 is 1.35 bits per heavy atom. The molecular weight excluding hydrogens is 220 g/mol. The molecule has 1 aromatic heterocycles. The van der Waals surface area contributed by atoms with Crippen LogP contribution in [0.1, 0.15) is 15.9 Å². The van der Waals surface area contributed by atoms with Crippen molar-refractivity contribution in [3.8, 4) is 11.6 Å². The third-order valence-electron chi connectivity index (χ3n) is 2.19. The molecule has 5 nitrogen and oxygen atoms in total. The van der Waals surface area contributed by atoms with Crippen LogP contribution in [0.4, 0.5) is 0 Å². The number of hydrogen-bond acceptors (Lipinski definition) is 4. The van der Waals surface area contributed by atoms with Gasteiger partial charge in [-0.15, -0.1) is 0 Å². The van der Waals surface area contributed by atoms with Gasteiger partial charge in [0.2, 0.25) is 5.88 Å². The minimum absolute atomic E-state index is 0.107. The zero-order valence-electron chi connectivity index (χ0n) is 9.12. The smallest absolute Gasteiger partial charge is 0.339 e. The lowest BCUT2D eigenvalue weighted by Crippen LogP contribution is -2.02. The van der Waals surface area contributed by atoms with Crippen molar-refractivity contribution in [1.82, 2.24) is 9.97 Å². The lowest BCUT2D eigenvalue weighted by atomic mass is 10.1. The van der Waals surface area contributed by atoms with Gasteiger partial charge in [0.25, 0.3) is 0 Å². The molecule has 5 heteroatoms. The van der Waals surface area contributed by atoms with E-state index in [1.165, 1.54) is 24.7 Å². The molecule has 0 spiro atoms. The maximum Gasteiger partial charge on any atom is 0.339 e. The number of aromatic nitrogens is 2. The number of aromatic carboxylic acids is 1. The van der Waals surface area contributed by atoms with Gasteiger partial charge in [0.15, 0.2) is 0 Å². The fourth-order valence-corrected chi connectivity index (χ4v) is 1.40. The number of carboxylic acids is 1. The summed E-state index contributed by atoms with van der Waals surface area (Å²) in [4.78, 5) is 18.8. The molecule has 17 heavy (non-hydrogen) atoms. The monoisotopic (exact) mass is 230 g/mol. The van der Waals surface area contributed by atoms with Crippen molar-refractivity contribution in [2.45, 2.75) is 6.92 Å². The Morgan fingerprint density at radius 3 is 2.82 bits per heavy atom. The van der Waals surface area contributed by atoms with Crippen LogP contribution in [0.15, 0.2) is 36.8 Å². The lowest BCUT2D eigenvalue weighted by Gasteiger charge is -2.09. The second-order valence-electron chi connectivity index (χ2n) is 3.40. The van der Waals surface area contributed by atoms with Crippen LogP contribution in [0.2, 0.25) is 0 Å². The van der Waals surface area contributed by atoms with Crippen LogP contribution in [0.3, 0.4) is 0 Å². The van der Waals surface area contributed by atoms with Gasteiger partial charge in [0.1, 0.15) is 11.3 Å². The first kappa shape index (κ1) is 11.1. The average molecular weight is 230 g/mol. The van der Waals surface area contributed by atoms with Crippen LogP contribution < -0.4 is 4.74 Å². The van der Waals surface area contributed by atoms with E-state index in [1.807, 2.05) is 0 Å². The molecule has 0 radical (unpaired) electrons. The Labute approximate surface area is 97.7 Å². The molecule has 0 bridgehead atoms. The van der Waals surface area contributed by atoms with Crippen molar-refractivity contribution in [2.75, 3.05) is 0 Å². The highest BCUT2D eigenvalue weighted by Crippen LogP contribution is 2.27. The predicted octanol–water partition coefficient (Wildman–Crippen LogP) is 2.28. The topological polar surface area (TPSA) is 72.3 Å². The van der Waals surface area contributed by atoms with Gasteiger partial charge in [-0.1, -0.05) is 12.1 Å². The van der Waals surface area contributed by atoms with E-state index in [2.05, 4.69) is 9.97 Å². The standard InChI is InChI=1S/C12H10N2O3/c1-8-3-2-4-9(12(15)16)11(8)17-10-7-13-5-6-14-10/h2-7H,1H3,(H,15,16). The summed E-state index contributed by atoms with van der Waals surface area (Å²) in [6.45, 7) is 1.78. The van der Waals surface area contributed by atoms with Gasteiger partial charge in [0.05, 0.1) is 6.20 Å². The molecule has 0 aliphatic rings. The largest absolute Gasteiger partial charge is 0.478 e. The number of para-hydroxylation sites is 1. The molecular formula is C12H10N2O3. The molecule has 0 saturated heterocycles. The number of ether oxygens (including phenoxy) is 1. The maximum absolute atomic E-state index is 11.0. The summed E-state index contributed by atoms with van der Waals surface area (Å²) in [5.41, 5.74) is 0.839. The fourth-order valence-electron chi connectivity index (χ4n) is 1.40. The van der Waals surface area contributed by atoms with Crippen molar-refractivity contribution < 1.29 is 14.6 Å². The summed E-state index contributed by atoms with van der Waals surface area (Å²) in [5, 5.41) is 9.05. The first-order valence-electron chi connectivity index (χ1n) is 4.95. The first-order chi connectivity index (χ1) is 8.18. The number of hydrogen-bond donors (Lipinski definition) is 1. The summed E-state index contributed by atoms with van der Waals surface area (Å²) in [6, 6.07) is 4.93. The normalized spacial score (nSPS) is 9.94. The Hall–Kier alpha value is -2.43. The molecule has 86 valence electrons. The van der Waals surface area contributed by atoms with E-state index < -0.39 is 5.97 Å². The highest BCUT2D eigenvalue weighted by Gasteiger charge is 2.14. The second kappa shape index (κ2) is 4.61. The van der Waals surface area contributed by atoms with E-state index >= 15 is 0 Å². The summed E-state index contributed by atoms with van der Waals surface area (Å²) in [7, 11) is 0. The quantitative estimate of drug-likeness (QED) is 0.875. The summed E-state index contributed by atoms with van der Waals surface area (Å²) in [5.74, 6) is -0.475. The minimum Gasteiger partial charge on any atom is -0.478 e. The highest BCUT2D eigenvalue weighted by atomic mass is 16.5. The fraction of sp³-hybridized carbons (Fsp3) is 0.0833. The number of benzene rings is 1. The molecule has 1 N–H and O–H groups in total. The zero-order valence-corrected chi connectivity index (χ0v) is 9.12. The third-order valence-corrected chi connectivity index (χ3v) is 2.19. The first-order valence-corrected chi connectivity index (χ1v) is 4.95. The molecule has 0 saturated carbocycles. The Bertz CT molecular complexity index is 541. The molecule has 0 aliphatic carbocycles. The second-order valence-corrected chi connectivity index (χ2v) is 3.40. The Kier molecular flexibility index (Phi) is 3.00. The van der Waals surface area contributed by atoms with E-state index in [1.54, 1.807) is 19.1 Å². The van der Waals surface area contributed by atoms with Crippen molar-refractivity contribution in [1.29, 1.82) is 0 Å². The van der Waals surface area contributed by atoms with Gasteiger partial charge >= 0.3 is 5.97 Å². The van der Waals surface area contributed by atoms with E-state index in [0.717, 1.165) is 5.56 Å². The number of carboxylic acid groups (broad SMARTS) is 1. The van der Waals surface area contributed by atoms with Crippen LogP contribution in [0, 0.1) is 6.92 Å². The van der Waals surface area contributed by atoms with Crippen LogP contribution >= 0.6 is 0 Å². The summed E-state index contributed by atoms with van der Waals surface area (Å²) >= 11 is 0. The number of nitrogens with zero attached hydrogens (tertiary/aromatic N) is 2. The third kappa shape index (κ3) is 2.39. The zero-order chi connectivity index (χ0) is 12.3. The molecule has 0 fully saturated rings. The van der Waals surface area contributed by atoms with Gasteiger partial charge in [-0.2, -0.15) is 0 Å². The molecule has 1 aromatic carbocycles. The molecule has 2 aromatic rings. The minimum atomic E-state index is -1.03. The van der Waals surface area contributed by atoms with Crippen LogP contribution in [0.5, 0.6) is 11.6 Å². The molecule has 2 rings (SSSR count). The van der Waals surface area contributed by atoms with E-state index in [4.69, 9.17) is 9.84 Å². The Balaban J connectivity index is 2.41. The van der Waals surface area contributed by atoms with Gasteiger partial charge in [-0.25, -0.2) is 9.78 Å². The van der Waals surface area contributed by atoms with Crippen LogP contribution in [-0.2, 0) is 0 Å². The number of aryl methyl sites for hydroxylation is 1. The molecule has 0 amide bonds.